The van der Waals surface area contributed by atoms with E-state index in [1.54, 1.807) is 0 Å². The number of rotatable bonds is 14. The van der Waals surface area contributed by atoms with E-state index in [0.717, 1.165) is 38.5 Å². The Kier molecular flexibility index (Phi) is 13.6. The first-order valence-corrected chi connectivity index (χ1v) is 11.3. The third kappa shape index (κ3) is 11.4. The summed E-state index contributed by atoms with van der Waals surface area (Å²) in [5.74, 6) is -2.29. The van der Waals surface area contributed by atoms with Crippen molar-refractivity contribution in [2.75, 3.05) is 19.8 Å². The van der Waals surface area contributed by atoms with E-state index in [9.17, 15) is 19.2 Å². The van der Waals surface area contributed by atoms with E-state index in [1.165, 1.54) is 27.7 Å². The van der Waals surface area contributed by atoms with Crippen molar-refractivity contribution < 1.29 is 48.0 Å². The standard InChI is InChI=1S/C22H37NO10/c1-14(25)23-19-21(32-17(4)28)20(31-16(3)27)18(13-30-15(2)26)33-22(19)29-12-10-8-6-5-7-9-11-24/h18-22,24H,5-13H2,1-4H3,(H,23,25)/t18-,19?,20+,21-,22-/m1/s1. The van der Waals surface area contributed by atoms with Gasteiger partial charge in [-0.3, -0.25) is 19.2 Å². The average Bonchev–Trinajstić information content (AvgIpc) is 2.71. The van der Waals surface area contributed by atoms with Crippen LogP contribution in [0, 0.1) is 0 Å². The van der Waals surface area contributed by atoms with Crippen LogP contribution in [0.4, 0.5) is 0 Å². The Bertz CT molecular complexity index is 641. The van der Waals surface area contributed by atoms with Crippen molar-refractivity contribution in [3.8, 4) is 0 Å². The largest absolute Gasteiger partial charge is 0.463 e. The molecule has 0 aromatic rings. The highest BCUT2D eigenvalue weighted by Gasteiger charge is 2.51. The number of hydrogen-bond acceptors (Lipinski definition) is 10. The molecule has 0 spiro atoms. The van der Waals surface area contributed by atoms with E-state index in [0.29, 0.717) is 6.61 Å². The maximum atomic E-state index is 11.9. The minimum atomic E-state index is -1.13. The van der Waals surface area contributed by atoms with Gasteiger partial charge in [-0.15, -0.1) is 0 Å². The zero-order valence-electron chi connectivity index (χ0n) is 19.9. The van der Waals surface area contributed by atoms with Crippen molar-refractivity contribution in [3.63, 3.8) is 0 Å². The van der Waals surface area contributed by atoms with Crippen LogP contribution in [-0.4, -0.2) is 79.4 Å². The summed E-state index contributed by atoms with van der Waals surface area (Å²) in [6.45, 7) is 5.14. The van der Waals surface area contributed by atoms with Crippen LogP contribution in [0.1, 0.15) is 66.2 Å². The second-order valence-electron chi connectivity index (χ2n) is 7.94. The molecule has 1 unspecified atom stereocenters. The van der Waals surface area contributed by atoms with Gasteiger partial charge in [-0.1, -0.05) is 25.7 Å². The maximum Gasteiger partial charge on any atom is 0.303 e. The Morgan fingerprint density at radius 3 is 1.94 bits per heavy atom. The molecule has 1 amide bonds. The van der Waals surface area contributed by atoms with Gasteiger partial charge in [-0.25, -0.2) is 0 Å². The predicted molar refractivity (Wildman–Crippen MR) is 115 cm³/mol. The zero-order valence-corrected chi connectivity index (χ0v) is 19.9. The average molecular weight is 476 g/mol. The van der Waals surface area contributed by atoms with Crippen LogP contribution >= 0.6 is 0 Å². The molecular weight excluding hydrogens is 438 g/mol. The van der Waals surface area contributed by atoms with E-state index >= 15 is 0 Å². The molecule has 1 heterocycles. The minimum absolute atomic E-state index is 0.193. The Morgan fingerprint density at radius 2 is 1.39 bits per heavy atom. The molecule has 0 radical (unpaired) electrons. The first kappa shape index (κ1) is 28.8. The zero-order chi connectivity index (χ0) is 24.8. The summed E-state index contributed by atoms with van der Waals surface area (Å²) in [5.41, 5.74) is 0. The summed E-state index contributed by atoms with van der Waals surface area (Å²) in [4.78, 5) is 46.7. The number of aliphatic hydroxyl groups is 1. The fourth-order valence-corrected chi connectivity index (χ4v) is 3.55. The van der Waals surface area contributed by atoms with Gasteiger partial charge in [-0.05, 0) is 12.8 Å². The maximum absolute atomic E-state index is 11.9. The van der Waals surface area contributed by atoms with Crippen LogP contribution in [0.3, 0.4) is 0 Å². The lowest BCUT2D eigenvalue weighted by Gasteiger charge is -2.44. The summed E-state index contributed by atoms with van der Waals surface area (Å²) in [5, 5.41) is 11.5. The van der Waals surface area contributed by atoms with Gasteiger partial charge >= 0.3 is 17.9 Å². The fraction of sp³-hybridized carbons (Fsp3) is 0.818. The molecule has 0 saturated carbocycles. The van der Waals surface area contributed by atoms with E-state index in [1.807, 2.05) is 0 Å². The minimum Gasteiger partial charge on any atom is -0.463 e. The van der Waals surface area contributed by atoms with E-state index < -0.39 is 54.5 Å². The molecule has 1 fully saturated rings. The number of esters is 3. The van der Waals surface area contributed by atoms with Gasteiger partial charge in [0.1, 0.15) is 18.8 Å². The highest BCUT2D eigenvalue weighted by Crippen LogP contribution is 2.28. The van der Waals surface area contributed by atoms with Crippen molar-refractivity contribution in [2.45, 2.75) is 96.9 Å². The number of unbranched alkanes of at least 4 members (excludes halogenated alkanes) is 5. The van der Waals surface area contributed by atoms with Gasteiger partial charge in [0, 0.05) is 40.9 Å². The first-order valence-electron chi connectivity index (χ1n) is 11.3. The summed E-state index contributed by atoms with van der Waals surface area (Å²) < 4.78 is 27.6. The lowest BCUT2D eigenvalue weighted by molar-refractivity contribution is -0.277. The third-order valence-corrected chi connectivity index (χ3v) is 4.91. The Balaban J connectivity index is 2.95. The summed E-state index contributed by atoms with van der Waals surface area (Å²) >= 11 is 0. The highest BCUT2D eigenvalue weighted by atomic mass is 16.7. The first-order chi connectivity index (χ1) is 15.6. The normalized spacial score (nSPS) is 24.6. The van der Waals surface area contributed by atoms with Crippen molar-refractivity contribution in [3.05, 3.63) is 0 Å². The van der Waals surface area contributed by atoms with Gasteiger partial charge in [0.2, 0.25) is 5.91 Å². The monoisotopic (exact) mass is 475 g/mol. The van der Waals surface area contributed by atoms with Crippen LogP contribution in [-0.2, 0) is 42.9 Å². The molecular formula is C22H37NO10. The van der Waals surface area contributed by atoms with Gasteiger partial charge in [0.15, 0.2) is 18.5 Å². The molecule has 1 rings (SSSR count). The van der Waals surface area contributed by atoms with Crippen molar-refractivity contribution in [1.82, 2.24) is 5.32 Å². The summed E-state index contributed by atoms with van der Waals surface area (Å²) in [6.07, 6.45) is 1.14. The van der Waals surface area contributed by atoms with Crippen LogP contribution in [0.2, 0.25) is 0 Å². The lowest BCUT2D eigenvalue weighted by atomic mass is 9.96. The SMILES string of the molecule is CC(=O)NC1[C@H](OCCCCCCCCO)O[C@H](COC(C)=O)[C@H](OC(C)=O)[C@@H]1OC(C)=O. The molecule has 1 saturated heterocycles. The predicted octanol–water partition coefficient (Wildman–Crippen LogP) is 0.992. The number of aliphatic hydroxyl groups excluding tert-OH is 1. The third-order valence-electron chi connectivity index (χ3n) is 4.91. The Labute approximate surface area is 194 Å². The number of carbonyl (C=O) groups is 4. The summed E-state index contributed by atoms with van der Waals surface area (Å²) in [6, 6.07) is -0.950. The molecule has 0 aromatic carbocycles. The Morgan fingerprint density at radius 1 is 0.818 bits per heavy atom. The lowest BCUT2D eigenvalue weighted by Crippen LogP contribution is -2.66. The number of carbonyl (C=O) groups excluding carboxylic acids is 4. The van der Waals surface area contributed by atoms with Gasteiger partial charge in [0.25, 0.3) is 0 Å². The fourth-order valence-electron chi connectivity index (χ4n) is 3.55. The molecule has 11 nitrogen and oxygen atoms in total. The van der Waals surface area contributed by atoms with E-state index in [-0.39, 0.29) is 13.2 Å². The molecule has 5 atom stereocenters. The highest BCUT2D eigenvalue weighted by molar-refractivity contribution is 5.73. The van der Waals surface area contributed by atoms with Crippen LogP contribution in [0.5, 0.6) is 0 Å². The Hall–Kier alpha value is -2.24. The second kappa shape index (κ2) is 15.6. The molecule has 33 heavy (non-hydrogen) atoms. The van der Waals surface area contributed by atoms with Gasteiger partial charge in [0.05, 0.1) is 0 Å². The molecule has 1 aliphatic heterocycles. The molecule has 0 bridgehead atoms. The number of hydrogen-bond donors (Lipinski definition) is 2. The van der Waals surface area contributed by atoms with Crippen molar-refractivity contribution >= 4 is 23.8 Å². The van der Waals surface area contributed by atoms with E-state index in [4.69, 9.17) is 28.8 Å². The van der Waals surface area contributed by atoms with Crippen LogP contribution in [0.15, 0.2) is 0 Å². The molecule has 190 valence electrons. The molecule has 11 heteroatoms. The number of amides is 1. The van der Waals surface area contributed by atoms with Crippen molar-refractivity contribution in [1.29, 1.82) is 0 Å². The number of ether oxygens (including phenoxy) is 5. The van der Waals surface area contributed by atoms with Crippen molar-refractivity contribution in [2.24, 2.45) is 0 Å². The van der Waals surface area contributed by atoms with Crippen LogP contribution in [0.25, 0.3) is 0 Å². The summed E-state index contributed by atoms with van der Waals surface area (Å²) in [7, 11) is 0. The van der Waals surface area contributed by atoms with Gasteiger partial charge < -0.3 is 34.1 Å². The topological polar surface area (TPSA) is 147 Å². The molecule has 0 aliphatic carbocycles. The molecule has 1 aliphatic rings. The molecule has 0 aromatic heterocycles. The number of nitrogens with one attached hydrogen (secondary N) is 1. The second-order valence-corrected chi connectivity index (χ2v) is 7.94. The van der Waals surface area contributed by atoms with E-state index in [2.05, 4.69) is 5.32 Å². The van der Waals surface area contributed by atoms with Crippen LogP contribution < -0.4 is 5.32 Å². The van der Waals surface area contributed by atoms with Gasteiger partial charge in [-0.2, -0.15) is 0 Å². The molecule has 2 N–H and O–H groups in total. The smallest absolute Gasteiger partial charge is 0.303 e. The quantitative estimate of drug-likeness (QED) is 0.212.